The molecule has 0 saturated heterocycles. The number of hydrogen-bond acceptors (Lipinski definition) is 3. The van der Waals surface area contributed by atoms with E-state index in [1.807, 2.05) is 0 Å². The van der Waals surface area contributed by atoms with Crippen molar-refractivity contribution in [2.45, 2.75) is 12.8 Å². The third kappa shape index (κ3) is 2.54. The molecule has 0 unspecified atom stereocenters. The summed E-state index contributed by atoms with van der Waals surface area (Å²) in [4.78, 5) is 13.9. The van der Waals surface area contributed by atoms with E-state index >= 15 is 0 Å². The number of alkyl halides is 1. The van der Waals surface area contributed by atoms with Gasteiger partial charge in [-0.3, -0.25) is 15.1 Å². The minimum absolute atomic E-state index is 0. The SMILES string of the molecule is Cc1c([N+](=O)[O-])ccnc1CCl.Cl. The quantitative estimate of drug-likeness (QED) is 0.439. The number of aromatic nitrogens is 1. The fourth-order valence-electron chi connectivity index (χ4n) is 0.900. The molecule has 1 aromatic rings. The van der Waals surface area contributed by atoms with Gasteiger partial charge in [0.1, 0.15) is 0 Å². The fourth-order valence-corrected chi connectivity index (χ4v) is 1.17. The number of nitro groups is 1. The Morgan fingerprint density at radius 1 is 1.69 bits per heavy atom. The van der Waals surface area contributed by atoms with E-state index in [0.29, 0.717) is 11.3 Å². The average Bonchev–Trinajstić information content (AvgIpc) is 2.04. The second kappa shape index (κ2) is 4.99. The van der Waals surface area contributed by atoms with Gasteiger partial charge in [-0.1, -0.05) is 0 Å². The second-order valence-corrected chi connectivity index (χ2v) is 2.56. The minimum atomic E-state index is -0.437. The summed E-state index contributed by atoms with van der Waals surface area (Å²) < 4.78 is 0. The largest absolute Gasteiger partial charge is 0.275 e. The predicted octanol–water partition coefficient (Wildman–Crippen LogP) is 2.46. The third-order valence-corrected chi connectivity index (χ3v) is 1.86. The Labute approximate surface area is 86.5 Å². The summed E-state index contributed by atoms with van der Waals surface area (Å²) in [7, 11) is 0. The molecular formula is C7H8Cl2N2O2. The van der Waals surface area contributed by atoms with Crippen LogP contribution in [0.3, 0.4) is 0 Å². The second-order valence-electron chi connectivity index (χ2n) is 2.29. The summed E-state index contributed by atoms with van der Waals surface area (Å²) >= 11 is 5.52. The molecule has 0 aliphatic rings. The van der Waals surface area contributed by atoms with Crippen molar-refractivity contribution in [3.63, 3.8) is 0 Å². The van der Waals surface area contributed by atoms with Crippen LogP contribution in [0.15, 0.2) is 12.3 Å². The van der Waals surface area contributed by atoms with E-state index in [1.165, 1.54) is 12.3 Å². The molecule has 13 heavy (non-hydrogen) atoms. The third-order valence-electron chi connectivity index (χ3n) is 1.60. The summed E-state index contributed by atoms with van der Waals surface area (Å²) in [5.74, 6) is 0.202. The highest BCUT2D eigenvalue weighted by Gasteiger charge is 2.12. The van der Waals surface area contributed by atoms with Crippen LogP contribution in [0, 0.1) is 17.0 Å². The Kier molecular flexibility index (Phi) is 4.66. The number of rotatable bonds is 2. The van der Waals surface area contributed by atoms with E-state index in [2.05, 4.69) is 4.98 Å². The first-order valence-electron chi connectivity index (χ1n) is 3.31. The van der Waals surface area contributed by atoms with Crippen LogP contribution in [-0.4, -0.2) is 9.91 Å². The van der Waals surface area contributed by atoms with Gasteiger partial charge < -0.3 is 0 Å². The van der Waals surface area contributed by atoms with E-state index in [9.17, 15) is 10.1 Å². The first-order chi connectivity index (χ1) is 5.66. The normalized spacial score (nSPS) is 9.08. The molecule has 0 bridgehead atoms. The van der Waals surface area contributed by atoms with Crippen molar-refractivity contribution in [1.29, 1.82) is 0 Å². The van der Waals surface area contributed by atoms with Crippen LogP contribution in [0.4, 0.5) is 5.69 Å². The van der Waals surface area contributed by atoms with Gasteiger partial charge in [0, 0.05) is 17.8 Å². The van der Waals surface area contributed by atoms with Crippen LogP contribution in [0.1, 0.15) is 11.3 Å². The fraction of sp³-hybridized carbons (Fsp3) is 0.286. The average molecular weight is 223 g/mol. The molecular weight excluding hydrogens is 215 g/mol. The topological polar surface area (TPSA) is 56.0 Å². The van der Waals surface area contributed by atoms with E-state index < -0.39 is 4.92 Å². The van der Waals surface area contributed by atoms with Gasteiger partial charge in [0.25, 0.3) is 5.69 Å². The summed E-state index contributed by atoms with van der Waals surface area (Å²) in [5, 5.41) is 10.4. The van der Waals surface area contributed by atoms with Crippen LogP contribution in [0.2, 0.25) is 0 Å². The highest BCUT2D eigenvalue weighted by molar-refractivity contribution is 6.17. The Balaban J connectivity index is 0.00000144. The van der Waals surface area contributed by atoms with E-state index in [4.69, 9.17) is 11.6 Å². The van der Waals surface area contributed by atoms with E-state index in [1.54, 1.807) is 6.92 Å². The molecule has 0 aliphatic carbocycles. The monoisotopic (exact) mass is 222 g/mol. The molecule has 0 aliphatic heterocycles. The van der Waals surface area contributed by atoms with Gasteiger partial charge in [-0.05, 0) is 6.92 Å². The number of hydrogen-bond donors (Lipinski definition) is 0. The van der Waals surface area contributed by atoms with Crippen LogP contribution < -0.4 is 0 Å². The lowest BCUT2D eigenvalue weighted by atomic mass is 10.2. The molecule has 6 heteroatoms. The molecule has 0 amide bonds. The number of pyridine rings is 1. The Morgan fingerprint density at radius 2 is 2.31 bits per heavy atom. The summed E-state index contributed by atoms with van der Waals surface area (Å²) in [6.45, 7) is 1.64. The van der Waals surface area contributed by atoms with Crippen molar-refractivity contribution in [3.8, 4) is 0 Å². The lowest BCUT2D eigenvalue weighted by Gasteiger charge is -1.99. The Hall–Kier alpha value is -0.870. The van der Waals surface area contributed by atoms with Crippen LogP contribution in [0.5, 0.6) is 0 Å². The number of nitrogens with zero attached hydrogens (tertiary/aromatic N) is 2. The molecule has 0 spiro atoms. The zero-order valence-corrected chi connectivity index (χ0v) is 8.43. The molecule has 1 rings (SSSR count). The smallest absolute Gasteiger partial charge is 0.259 e. The van der Waals surface area contributed by atoms with Gasteiger partial charge in [0.2, 0.25) is 0 Å². The molecule has 72 valence electrons. The maximum Gasteiger partial charge on any atom is 0.275 e. The van der Waals surface area contributed by atoms with Crippen LogP contribution >= 0.6 is 24.0 Å². The lowest BCUT2D eigenvalue weighted by molar-refractivity contribution is -0.385. The zero-order valence-electron chi connectivity index (χ0n) is 6.86. The Bertz CT molecular complexity index is 317. The molecule has 0 N–H and O–H groups in total. The van der Waals surface area contributed by atoms with Crippen molar-refractivity contribution in [2.75, 3.05) is 0 Å². The molecule has 1 heterocycles. The van der Waals surface area contributed by atoms with Gasteiger partial charge in [-0.2, -0.15) is 0 Å². The van der Waals surface area contributed by atoms with Gasteiger partial charge >= 0.3 is 0 Å². The maximum atomic E-state index is 10.4. The standard InChI is InChI=1S/C7H7ClN2O2.ClH/c1-5-6(4-8)9-3-2-7(5)10(11)12;/h2-3H,4H2,1H3;1H. The molecule has 4 nitrogen and oxygen atoms in total. The first kappa shape index (κ1) is 12.1. The van der Waals surface area contributed by atoms with Crippen molar-refractivity contribution in [3.05, 3.63) is 33.6 Å². The molecule has 1 aromatic heterocycles. The lowest BCUT2D eigenvalue weighted by Crippen LogP contribution is -1.97. The summed E-state index contributed by atoms with van der Waals surface area (Å²) in [6.07, 6.45) is 1.39. The molecule has 0 atom stereocenters. The van der Waals surface area contributed by atoms with Gasteiger partial charge in [-0.15, -0.1) is 24.0 Å². The van der Waals surface area contributed by atoms with Crippen molar-refractivity contribution < 1.29 is 4.92 Å². The minimum Gasteiger partial charge on any atom is -0.259 e. The van der Waals surface area contributed by atoms with Gasteiger partial charge in [0.15, 0.2) is 0 Å². The molecule has 0 radical (unpaired) electrons. The maximum absolute atomic E-state index is 10.4. The highest BCUT2D eigenvalue weighted by atomic mass is 35.5. The molecule has 0 saturated carbocycles. The Morgan fingerprint density at radius 3 is 2.77 bits per heavy atom. The van der Waals surface area contributed by atoms with Crippen molar-refractivity contribution in [1.82, 2.24) is 4.98 Å². The molecule has 0 fully saturated rings. The van der Waals surface area contributed by atoms with Crippen molar-refractivity contribution >= 4 is 29.7 Å². The zero-order chi connectivity index (χ0) is 9.14. The van der Waals surface area contributed by atoms with Crippen molar-refractivity contribution in [2.24, 2.45) is 0 Å². The summed E-state index contributed by atoms with van der Waals surface area (Å²) in [5.41, 5.74) is 1.17. The summed E-state index contributed by atoms with van der Waals surface area (Å²) in [6, 6.07) is 1.37. The van der Waals surface area contributed by atoms with Crippen LogP contribution in [0.25, 0.3) is 0 Å². The van der Waals surface area contributed by atoms with Crippen LogP contribution in [-0.2, 0) is 5.88 Å². The molecule has 0 aromatic carbocycles. The van der Waals surface area contributed by atoms with Gasteiger partial charge in [-0.25, -0.2) is 0 Å². The van der Waals surface area contributed by atoms with E-state index in [-0.39, 0.29) is 24.0 Å². The highest BCUT2D eigenvalue weighted by Crippen LogP contribution is 2.19. The first-order valence-corrected chi connectivity index (χ1v) is 3.85. The number of halogens is 2. The predicted molar refractivity (Wildman–Crippen MR) is 52.4 cm³/mol. The van der Waals surface area contributed by atoms with E-state index in [0.717, 1.165) is 0 Å². The van der Waals surface area contributed by atoms with Gasteiger partial charge in [0.05, 0.1) is 16.5 Å².